The van der Waals surface area contributed by atoms with Crippen molar-refractivity contribution >= 4 is 28.6 Å². The molecule has 2 rings (SSSR count). The molecule has 2 aromatic heterocycles. The predicted molar refractivity (Wildman–Crippen MR) is 92.5 cm³/mol. The van der Waals surface area contributed by atoms with Gasteiger partial charge in [-0.15, -0.1) is 11.3 Å². The Balaban J connectivity index is 1.75. The van der Waals surface area contributed by atoms with Crippen LogP contribution in [-0.4, -0.2) is 24.5 Å². The van der Waals surface area contributed by atoms with Gasteiger partial charge >= 0.3 is 0 Å². The predicted octanol–water partition coefficient (Wildman–Crippen LogP) is 2.98. The number of hydrogen-bond acceptors (Lipinski definition) is 4. The maximum atomic E-state index is 4.66. The maximum absolute atomic E-state index is 4.66. The molecule has 0 atom stereocenters. The van der Waals surface area contributed by atoms with Gasteiger partial charge in [0.05, 0.1) is 10.7 Å². The second kappa shape index (κ2) is 8.14. The van der Waals surface area contributed by atoms with E-state index >= 15 is 0 Å². The second-order valence-corrected chi connectivity index (χ2v) is 6.77. The Bertz CT molecular complexity index is 573. The Kier molecular flexibility index (Phi) is 6.20. The minimum atomic E-state index is 0.805. The fraction of sp³-hybridized carbons (Fsp3) is 0.467. The van der Waals surface area contributed by atoms with E-state index in [-0.39, 0.29) is 0 Å². The molecule has 0 radical (unpaired) electrons. The average Bonchev–Trinajstić information content (AvgIpc) is 3.12. The number of aromatic nitrogens is 1. The molecule has 0 aliphatic heterocycles. The van der Waals surface area contributed by atoms with Crippen molar-refractivity contribution in [1.29, 1.82) is 0 Å². The number of nitrogens with zero attached hydrogens (tertiary/aromatic N) is 2. The van der Waals surface area contributed by atoms with E-state index in [4.69, 9.17) is 0 Å². The number of rotatable bonds is 6. The third-order valence-corrected chi connectivity index (χ3v) is 4.97. The number of hydrogen-bond donors (Lipinski definition) is 2. The van der Waals surface area contributed by atoms with Gasteiger partial charge in [0.2, 0.25) is 0 Å². The highest BCUT2D eigenvalue weighted by atomic mass is 32.1. The Morgan fingerprint density at radius 2 is 2.24 bits per heavy atom. The molecule has 0 saturated heterocycles. The SMILES string of the molecule is CCc1nc(CCNC(=NC)NCc2ccsc2)sc1C. The lowest BCUT2D eigenvalue weighted by molar-refractivity contribution is 0.790. The summed E-state index contributed by atoms with van der Waals surface area (Å²) in [6.45, 7) is 5.95. The molecule has 6 heteroatoms. The molecule has 0 aliphatic rings. The van der Waals surface area contributed by atoms with Crippen molar-refractivity contribution < 1.29 is 0 Å². The summed E-state index contributed by atoms with van der Waals surface area (Å²) >= 11 is 3.51. The van der Waals surface area contributed by atoms with E-state index in [2.05, 4.69) is 51.3 Å². The van der Waals surface area contributed by atoms with Crippen molar-refractivity contribution in [3.63, 3.8) is 0 Å². The van der Waals surface area contributed by atoms with Crippen molar-refractivity contribution in [3.05, 3.63) is 38.0 Å². The van der Waals surface area contributed by atoms with Gasteiger partial charge in [-0.1, -0.05) is 6.92 Å². The molecule has 4 nitrogen and oxygen atoms in total. The Labute approximate surface area is 134 Å². The summed E-state index contributed by atoms with van der Waals surface area (Å²) in [4.78, 5) is 10.2. The van der Waals surface area contributed by atoms with Crippen LogP contribution < -0.4 is 10.6 Å². The van der Waals surface area contributed by atoms with Gasteiger partial charge < -0.3 is 10.6 Å². The van der Waals surface area contributed by atoms with Crippen molar-refractivity contribution in [2.24, 2.45) is 4.99 Å². The van der Waals surface area contributed by atoms with Crippen LogP contribution in [-0.2, 0) is 19.4 Å². The third kappa shape index (κ3) is 4.82. The first kappa shape index (κ1) is 16.0. The van der Waals surface area contributed by atoms with Crippen LogP contribution in [0.15, 0.2) is 21.8 Å². The van der Waals surface area contributed by atoms with E-state index in [0.717, 1.165) is 31.9 Å². The van der Waals surface area contributed by atoms with Crippen LogP contribution in [0.25, 0.3) is 0 Å². The van der Waals surface area contributed by atoms with Crippen molar-refractivity contribution in [1.82, 2.24) is 15.6 Å². The van der Waals surface area contributed by atoms with Crippen molar-refractivity contribution in [2.45, 2.75) is 33.2 Å². The number of thiazole rings is 1. The Morgan fingerprint density at radius 1 is 1.38 bits per heavy atom. The summed E-state index contributed by atoms with van der Waals surface area (Å²) in [6, 6.07) is 2.12. The van der Waals surface area contributed by atoms with Gasteiger partial charge in [0.25, 0.3) is 0 Å². The van der Waals surface area contributed by atoms with Crippen LogP contribution in [0.4, 0.5) is 0 Å². The van der Waals surface area contributed by atoms with Gasteiger partial charge in [-0.05, 0) is 35.7 Å². The third-order valence-electron chi connectivity index (χ3n) is 3.17. The molecule has 0 amide bonds. The van der Waals surface area contributed by atoms with Crippen molar-refractivity contribution in [2.75, 3.05) is 13.6 Å². The lowest BCUT2D eigenvalue weighted by Gasteiger charge is -2.10. The molecule has 0 aliphatic carbocycles. The first-order valence-electron chi connectivity index (χ1n) is 7.13. The van der Waals surface area contributed by atoms with E-state index in [1.807, 2.05) is 0 Å². The molecule has 0 saturated carbocycles. The van der Waals surface area contributed by atoms with Crippen LogP contribution in [0.3, 0.4) is 0 Å². The molecule has 2 aromatic rings. The molecule has 0 bridgehead atoms. The van der Waals surface area contributed by atoms with E-state index in [0.29, 0.717) is 0 Å². The molecule has 21 heavy (non-hydrogen) atoms. The molecular formula is C15H22N4S2. The minimum Gasteiger partial charge on any atom is -0.356 e. The van der Waals surface area contributed by atoms with Crippen LogP contribution in [0, 0.1) is 6.92 Å². The summed E-state index contributed by atoms with van der Waals surface area (Å²) < 4.78 is 0. The van der Waals surface area contributed by atoms with E-state index < -0.39 is 0 Å². The van der Waals surface area contributed by atoms with Gasteiger partial charge in [0, 0.05) is 31.4 Å². The molecule has 2 heterocycles. The summed E-state index contributed by atoms with van der Waals surface area (Å²) in [6.07, 6.45) is 1.95. The maximum Gasteiger partial charge on any atom is 0.191 e. The molecule has 0 fully saturated rings. The molecule has 2 N–H and O–H groups in total. The highest BCUT2D eigenvalue weighted by molar-refractivity contribution is 7.11. The topological polar surface area (TPSA) is 49.3 Å². The highest BCUT2D eigenvalue weighted by Gasteiger charge is 2.06. The van der Waals surface area contributed by atoms with Crippen LogP contribution in [0.5, 0.6) is 0 Å². The summed E-state index contributed by atoms with van der Waals surface area (Å²) in [5.41, 5.74) is 2.51. The first-order valence-corrected chi connectivity index (χ1v) is 8.89. The standard InChI is InChI=1S/C15H22N4S2/c1-4-13-11(2)21-14(19-13)5-7-17-15(16-3)18-9-12-6-8-20-10-12/h6,8,10H,4-5,7,9H2,1-3H3,(H2,16,17,18). The molecule has 114 valence electrons. The zero-order chi connectivity index (χ0) is 15.1. The van der Waals surface area contributed by atoms with Gasteiger partial charge in [-0.25, -0.2) is 4.98 Å². The summed E-state index contributed by atoms with van der Waals surface area (Å²) in [7, 11) is 1.80. The van der Waals surface area contributed by atoms with Crippen molar-refractivity contribution in [3.8, 4) is 0 Å². The number of aryl methyl sites for hydroxylation is 2. The summed E-state index contributed by atoms with van der Waals surface area (Å²) in [5.74, 6) is 0.838. The largest absolute Gasteiger partial charge is 0.356 e. The van der Waals surface area contributed by atoms with E-state index in [9.17, 15) is 0 Å². The van der Waals surface area contributed by atoms with E-state index in [1.165, 1.54) is 21.1 Å². The number of thiophene rings is 1. The van der Waals surface area contributed by atoms with Gasteiger partial charge in [-0.3, -0.25) is 4.99 Å². The van der Waals surface area contributed by atoms with Gasteiger partial charge in [0.15, 0.2) is 5.96 Å². The van der Waals surface area contributed by atoms with Gasteiger partial charge in [-0.2, -0.15) is 11.3 Å². The van der Waals surface area contributed by atoms with Gasteiger partial charge in [0.1, 0.15) is 0 Å². The fourth-order valence-corrected chi connectivity index (χ4v) is 3.70. The van der Waals surface area contributed by atoms with Crippen LogP contribution in [0.2, 0.25) is 0 Å². The molecule has 0 spiro atoms. The molecular weight excluding hydrogens is 300 g/mol. The monoisotopic (exact) mass is 322 g/mol. The smallest absolute Gasteiger partial charge is 0.191 e. The average molecular weight is 323 g/mol. The Morgan fingerprint density at radius 3 is 2.86 bits per heavy atom. The van der Waals surface area contributed by atoms with Crippen LogP contribution >= 0.6 is 22.7 Å². The zero-order valence-electron chi connectivity index (χ0n) is 12.8. The number of nitrogens with one attached hydrogen (secondary N) is 2. The number of aliphatic imine (C=N–C) groups is 1. The number of guanidine groups is 1. The van der Waals surface area contributed by atoms with Crippen LogP contribution in [0.1, 0.15) is 28.1 Å². The quantitative estimate of drug-likeness (QED) is 0.635. The fourth-order valence-electron chi connectivity index (χ4n) is 2.01. The lowest BCUT2D eigenvalue weighted by Crippen LogP contribution is -2.37. The normalized spacial score (nSPS) is 11.7. The zero-order valence-corrected chi connectivity index (χ0v) is 14.4. The Hall–Kier alpha value is -1.40. The molecule has 0 unspecified atom stereocenters. The second-order valence-electron chi connectivity index (χ2n) is 4.70. The molecule has 0 aromatic carbocycles. The minimum absolute atomic E-state index is 0.805. The first-order chi connectivity index (χ1) is 10.2. The van der Waals surface area contributed by atoms with E-state index in [1.54, 1.807) is 29.7 Å². The highest BCUT2D eigenvalue weighted by Crippen LogP contribution is 2.17. The lowest BCUT2D eigenvalue weighted by atomic mass is 10.3. The summed E-state index contributed by atoms with van der Waals surface area (Å²) in [5, 5.41) is 12.1.